The van der Waals surface area contributed by atoms with Gasteiger partial charge in [0.25, 0.3) is 0 Å². The fourth-order valence-electron chi connectivity index (χ4n) is 0.335. The van der Waals surface area contributed by atoms with E-state index in [1.54, 1.807) is 0 Å². The van der Waals surface area contributed by atoms with Crippen molar-refractivity contribution in [1.82, 2.24) is 0 Å². The second kappa shape index (κ2) is 6.46. The zero-order valence-corrected chi connectivity index (χ0v) is 7.61. The van der Waals surface area contributed by atoms with Crippen LogP contribution in [0.1, 0.15) is 27.2 Å². The summed E-state index contributed by atoms with van der Waals surface area (Å²) in [4.78, 5) is 0. The van der Waals surface area contributed by atoms with Crippen LogP contribution in [0.15, 0.2) is 0 Å². The van der Waals surface area contributed by atoms with E-state index in [4.69, 9.17) is 8.78 Å². The summed E-state index contributed by atoms with van der Waals surface area (Å²) in [5.41, 5.74) is 0.300. The van der Waals surface area contributed by atoms with Gasteiger partial charge >= 0.3 is 21.0 Å². The molecule has 55 valence electrons. The van der Waals surface area contributed by atoms with Crippen LogP contribution in [0.4, 0.5) is 0 Å². The van der Waals surface area contributed by atoms with Gasteiger partial charge in [-0.15, -0.1) is 0 Å². The summed E-state index contributed by atoms with van der Waals surface area (Å²) in [5.74, 6) is 0. The van der Waals surface area contributed by atoms with E-state index in [0.717, 1.165) is 23.8 Å². The first-order valence-electron chi connectivity index (χ1n) is 2.85. The van der Waals surface area contributed by atoms with Gasteiger partial charge in [0.1, 0.15) is 0 Å². The first-order valence-corrected chi connectivity index (χ1v) is 3.42. The van der Waals surface area contributed by atoms with Gasteiger partial charge in [-0.1, -0.05) is 20.8 Å². The molecule has 2 nitrogen and oxygen atoms in total. The Morgan fingerprint density at radius 1 is 1.33 bits per heavy atom. The van der Waals surface area contributed by atoms with Crippen molar-refractivity contribution in [3.63, 3.8) is 0 Å². The topological polar surface area (TPSA) is 37.3 Å². The minimum atomic E-state index is 0.300. The van der Waals surface area contributed by atoms with Crippen LogP contribution >= 0.6 is 0 Å². The Kier molecular flexibility index (Phi) is 8.66. The Hall–Kier alpha value is 0.344. The molecule has 1 N–H and O–H groups in total. The normalized spacial score (nSPS) is 9.67. The van der Waals surface area contributed by atoms with Crippen molar-refractivity contribution in [3.05, 3.63) is 0 Å². The van der Waals surface area contributed by atoms with Gasteiger partial charge in [0.15, 0.2) is 0 Å². The molecule has 0 aromatic heterocycles. The summed E-state index contributed by atoms with van der Waals surface area (Å²) in [7, 11) is 0. The average Bonchev–Trinajstić information content (AvgIpc) is 1.69. The second-order valence-corrected chi connectivity index (χ2v) is 3.03. The standard InChI is InChI=1S/C6H14O.O.V/c1-6(2,3)4-5-7;;/h7H,4-5H2,1-3H3;;. The number of aliphatic hydroxyl groups excluding tert-OH is 1. The van der Waals surface area contributed by atoms with Crippen LogP contribution in [-0.2, 0) is 21.0 Å². The predicted molar refractivity (Wildman–Crippen MR) is 31.8 cm³/mol. The van der Waals surface area contributed by atoms with Crippen LogP contribution in [0.3, 0.4) is 0 Å². The van der Waals surface area contributed by atoms with Gasteiger partial charge in [-0.3, -0.25) is 0 Å². The van der Waals surface area contributed by atoms with Crippen molar-refractivity contribution in [2.75, 3.05) is 6.61 Å². The Morgan fingerprint density at radius 3 is 1.67 bits per heavy atom. The number of aliphatic hydroxyl groups is 1. The molecule has 0 rings (SSSR count). The third-order valence-corrected chi connectivity index (χ3v) is 0.862. The summed E-state index contributed by atoms with van der Waals surface area (Å²) in [6.45, 7) is 6.65. The summed E-state index contributed by atoms with van der Waals surface area (Å²) in [6, 6.07) is 0. The van der Waals surface area contributed by atoms with E-state index < -0.39 is 0 Å². The molecule has 0 fully saturated rings. The van der Waals surface area contributed by atoms with Crippen LogP contribution < -0.4 is 0 Å². The van der Waals surface area contributed by atoms with Gasteiger partial charge in [-0.25, -0.2) is 0 Å². The molecule has 0 aromatic carbocycles. The molecular weight excluding hydrogens is 155 g/mol. The fourth-order valence-corrected chi connectivity index (χ4v) is 0.335. The molecule has 3 heteroatoms. The molecule has 0 heterocycles. The van der Waals surface area contributed by atoms with Crippen molar-refractivity contribution < 1.29 is 26.1 Å². The molecule has 0 radical (unpaired) electrons. The van der Waals surface area contributed by atoms with E-state index in [2.05, 4.69) is 20.8 Å². The molecule has 0 aliphatic carbocycles. The molecule has 0 aliphatic rings. The molecule has 0 bridgehead atoms. The van der Waals surface area contributed by atoms with Crippen LogP contribution in [0.2, 0.25) is 0 Å². The molecular formula is C6H14O2V. The molecule has 0 saturated carbocycles. The van der Waals surface area contributed by atoms with Crippen molar-refractivity contribution in [2.45, 2.75) is 27.2 Å². The molecule has 0 aliphatic heterocycles. The van der Waals surface area contributed by atoms with E-state index in [1.807, 2.05) is 0 Å². The van der Waals surface area contributed by atoms with E-state index in [9.17, 15) is 0 Å². The molecule has 0 saturated heterocycles. The van der Waals surface area contributed by atoms with Gasteiger partial charge in [0.05, 0.1) is 0 Å². The Balaban J connectivity index is 0. The Morgan fingerprint density at radius 2 is 1.67 bits per heavy atom. The minimum absolute atomic E-state index is 0.300. The van der Waals surface area contributed by atoms with Gasteiger partial charge < -0.3 is 5.11 Å². The third kappa shape index (κ3) is 17.8. The monoisotopic (exact) mass is 169 g/mol. The van der Waals surface area contributed by atoms with E-state index >= 15 is 0 Å². The third-order valence-electron chi connectivity index (χ3n) is 0.862. The van der Waals surface area contributed by atoms with Crippen LogP contribution in [0.5, 0.6) is 0 Å². The first kappa shape index (κ1) is 12.1. The zero-order valence-electron chi connectivity index (χ0n) is 6.22. The molecule has 0 aromatic rings. The average molecular weight is 169 g/mol. The van der Waals surface area contributed by atoms with Crippen molar-refractivity contribution in [1.29, 1.82) is 0 Å². The van der Waals surface area contributed by atoms with Crippen LogP contribution in [-0.4, -0.2) is 11.7 Å². The van der Waals surface area contributed by atoms with Crippen molar-refractivity contribution in [3.8, 4) is 0 Å². The van der Waals surface area contributed by atoms with Crippen LogP contribution in [0, 0.1) is 5.41 Å². The molecule has 9 heavy (non-hydrogen) atoms. The SMILES string of the molecule is CC(C)(C)CCO.[O]=[V]. The number of hydrogen-bond acceptors (Lipinski definition) is 2. The van der Waals surface area contributed by atoms with Gasteiger partial charge in [-0.2, -0.15) is 0 Å². The summed E-state index contributed by atoms with van der Waals surface area (Å²) in [5, 5.41) is 8.40. The number of rotatable bonds is 1. The zero-order chi connectivity index (χ0) is 7.91. The molecule has 0 amide bonds. The molecule has 0 atom stereocenters. The van der Waals surface area contributed by atoms with Crippen LogP contribution in [0.25, 0.3) is 0 Å². The maximum atomic E-state index is 8.40. The summed E-state index contributed by atoms with van der Waals surface area (Å²) < 4.78 is 8.19. The first-order chi connectivity index (χ1) is 4.06. The van der Waals surface area contributed by atoms with Gasteiger partial charge in [0, 0.05) is 6.61 Å². The van der Waals surface area contributed by atoms with E-state index in [-0.39, 0.29) is 0 Å². The Bertz CT molecular complexity index is 58.6. The second-order valence-electron chi connectivity index (χ2n) is 3.03. The summed E-state index contributed by atoms with van der Waals surface area (Å²) >= 11 is 1.06. The van der Waals surface area contributed by atoms with E-state index in [1.165, 1.54) is 0 Å². The Labute approximate surface area is 65.9 Å². The van der Waals surface area contributed by atoms with Crippen molar-refractivity contribution >= 4 is 0 Å². The summed E-state index contributed by atoms with van der Waals surface area (Å²) in [6.07, 6.45) is 0.896. The molecule has 0 spiro atoms. The number of hydrogen-bond donors (Lipinski definition) is 1. The quantitative estimate of drug-likeness (QED) is 0.642. The fraction of sp³-hybridized carbons (Fsp3) is 1.00. The van der Waals surface area contributed by atoms with Gasteiger partial charge in [0.2, 0.25) is 0 Å². The van der Waals surface area contributed by atoms with Gasteiger partial charge in [-0.05, 0) is 11.8 Å². The predicted octanol–water partition coefficient (Wildman–Crippen LogP) is 1.29. The van der Waals surface area contributed by atoms with E-state index in [0.29, 0.717) is 12.0 Å². The van der Waals surface area contributed by atoms with Crippen molar-refractivity contribution in [2.24, 2.45) is 5.41 Å². The maximum absolute atomic E-state index is 8.40. The molecule has 0 unspecified atom stereocenters.